The molecule has 2 N–H and O–H groups in total. The van der Waals surface area contributed by atoms with Crippen molar-refractivity contribution in [3.63, 3.8) is 0 Å². The van der Waals surface area contributed by atoms with E-state index in [-0.39, 0.29) is 0 Å². The summed E-state index contributed by atoms with van der Waals surface area (Å²) >= 11 is 0. The van der Waals surface area contributed by atoms with Gasteiger partial charge in [-0.25, -0.2) is 0 Å². The van der Waals surface area contributed by atoms with E-state index in [2.05, 4.69) is 9.80 Å². The van der Waals surface area contributed by atoms with E-state index >= 15 is 0 Å². The summed E-state index contributed by atoms with van der Waals surface area (Å²) < 4.78 is 0. The van der Waals surface area contributed by atoms with Gasteiger partial charge in [-0.05, 0) is 34.1 Å². The molecule has 1 aliphatic rings. The van der Waals surface area contributed by atoms with Crippen LogP contribution in [0.1, 0.15) is 34.1 Å². The van der Waals surface area contributed by atoms with Crippen molar-refractivity contribution in [3.05, 3.63) is 0 Å². The van der Waals surface area contributed by atoms with E-state index in [1.165, 1.54) is 0 Å². The lowest BCUT2D eigenvalue weighted by atomic mass is 10.1. The lowest BCUT2D eigenvalue weighted by Gasteiger charge is -2.37. The van der Waals surface area contributed by atoms with Crippen molar-refractivity contribution in [1.82, 2.24) is 9.80 Å². The Morgan fingerprint density at radius 1 is 0.824 bits per heavy atom. The Hall–Kier alpha value is -0.160. The molecule has 0 aromatic carbocycles. The summed E-state index contributed by atoms with van der Waals surface area (Å²) in [4.78, 5) is 4.69. The van der Waals surface area contributed by atoms with E-state index < -0.39 is 11.2 Å². The Balaban J connectivity index is 2.22. The molecule has 0 amide bonds. The SMILES string of the molecule is CC(C)(O)CCN1CCN(CC(C)(C)O)CC1. The third kappa shape index (κ3) is 6.99. The number of hydrogen-bond donors (Lipinski definition) is 2. The number of β-amino-alcohol motifs (C(OH)–C–C–N with tert-alkyl or cyclic N) is 1. The van der Waals surface area contributed by atoms with Crippen molar-refractivity contribution in [2.75, 3.05) is 39.3 Å². The Morgan fingerprint density at radius 3 is 1.71 bits per heavy atom. The van der Waals surface area contributed by atoms with E-state index in [1.54, 1.807) is 0 Å². The van der Waals surface area contributed by atoms with Gasteiger partial charge < -0.3 is 15.1 Å². The average Bonchev–Trinajstić information content (AvgIpc) is 2.13. The van der Waals surface area contributed by atoms with E-state index in [0.29, 0.717) is 0 Å². The highest BCUT2D eigenvalue weighted by Crippen LogP contribution is 2.12. The second-order valence-corrected chi connectivity index (χ2v) is 6.49. The zero-order chi connectivity index (χ0) is 13.1. The first kappa shape index (κ1) is 14.9. The molecule has 4 nitrogen and oxygen atoms in total. The average molecular weight is 244 g/mol. The van der Waals surface area contributed by atoms with Gasteiger partial charge in [-0.2, -0.15) is 0 Å². The van der Waals surface area contributed by atoms with Gasteiger partial charge in [-0.1, -0.05) is 0 Å². The molecule has 1 heterocycles. The highest BCUT2D eigenvalue weighted by Gasteiger charge is 2.23. The fourth-order valence-corrected chi connectivity index (χ4v) is 2.15. The van der Waals surface area contributed by atoms with E-state index in [0.717, 1.165) is 45.7 Å². The van der Waals surface area contributed by atoms with E-state index in [4.69, 9.17) is 0 Å². The van der Waals surface area contributed by atoms with Crippen LogP contribution >= 0.6 is 0 Å². The van der Waals surface area contributed by atoms with E-state index in [1.807, 2.05) is 27.7 Å². The van der Waals surface area contributed by atoms with Gasteiger partial charge in [0.05, 0.1) is 11.2 Å². The summed E-state index contributed by atoms with van der Waals surface area (Å²) in [6.45, 7) is 13.2. The predicted octanol–water partition coefficient (Wildman–Crippen LogP) is 0.536. The molecule has 0 atom stereocenters. The molecule has 0 radical (unpaired) electrons. The molecular formula is C13H28N2O2. The summed E-state index contributed by atoms with van der Waals surface area (Å²) in [5, 5.41) is 19.4. The zero-order valence-electron chi connectivity index (χ0n) is 11.7. The molecule has 1 rings (SSSR count). The first-order valence-corrected chi connectivity index (χ1v) is 6.55. The maximum absolute atomic E-state index is 9.76. The summed E-state index contributed by atoms with van der Waals surface area (Å²) in [6, 6.07) is 0. The Labute approximate surface area is 105 Å². The molecular weight excluding hydrogens is 216 g/mol. The molecule has 0 spiro atoms. The lowest BCUT2D eigenvalue weighted by Crippen LogP contribution is -2.51. The minimum atomic E-state index is -0.602. The second kappa shape index (κ2) is 5.65. The van der Waals surface area contributed by atoms with Gasteiger partial charge in [-0.15, -0.1) is 0 Å². The molecule has 102 valence electrons. The molecule has 1 aliphatic heterocycles. The summed E-state index contributed by atoms with van der Waals surface area (Å²) in [7, 11) is 0. The Morgan fingerprint density at radius 2 is 1.29 bits per heavy atom. The van der Waals surface area contributed by atoms with Crippen molar-refractivity contribution < 1.29 is 10.2 Å². The van der Waals surface area contributed by atoms with Gasteiger partial charge in [0, 0.05) is 39.3 Å². The summed E-state index contributed by atoms with van der Waals surface area (Å²) in [5.74, 6) is 0. The van der Waals surface area contributed by atoms with Crippen LogP contribution in [-0.2, 0) is 0 Å². The highest BCUT2D eigenvalue weighted by molar-refractivity contribution is 4.79. The van der Waals surface area contributed by atoms with Gasteiger partial charge in [0.25, 0.3) is 0 Å². The van der Waals surface area contributed by atoms with Gasteiger partial charge in [0.2, 0.25) is 0 Å². The van der Waals surface area contributed by atoms with Crippen LogP contribution in [0.3, 0.4) is 0 Å². The molecule has 0 unspecified atom stereocenters. The second-order valence-electron chi connectivity index (χ2n) is 6.49. The molecule has 0 bridgehead atoms. The van der Waals surface area contributed by atoms with Crippen LogP contribution in [0, 0.1) is 0 Å². The maximum atomic E-state index is 9.76. The van der Waals surface area contributed by atoms with Crippen molar-refractivity contribution in [2.24, 2.45) is 0 Å². The molecule has 0 aliphatic carbocycles. The standard InChI is InChI=1S/C13H28N2O2/c1-12(2,16)5-6-14-7-9-15(10-8-14)11-13(3,4)17/h16-17H,5-11H2,1-4H3. The maximum Gasteiger partial charge on any atom is 0.0718 e. The van der Waals surface area contributed by atoms with Crippen molar-refractivity contribution in [3.8, 4) is 0 Å². The number of rotatable bonds is 5. The van der Waals surface area contributed by atoms with Crippen LogP contribution < -0.4 is 0 Å². The number of piperazine rings is 1. The molecule has 17 heavy (non-hydrogen) atoms. The number of hydrogen-bond acceptors (Lipinski definition) is 4. The monoisotopic (exact) mass is 244 g/mol. The molecule has 1 saturated heterocycles. The van der Waals surface area contributed by atoms with Crippen LogP contribution in [0.25, 0.3) is 0 Å². The van der Waals surface area contributed by atoms with Crippen LogP contribution in [0.15, 0.2) is 0 Å². The fourth-order valence-electron chi connectivity index (χ4n) is 2.15. The predicted molar refractivity (Wildman–Crippen MR) is 70.1 cm³/mol. The topological polar surface area (TPSA) is 46.9 Å². The highest BCUT2D eigenvalue weighted by atomic mass is 16.3. The quantitative estimate of drug-likeness (QED) is 0.741. The normalized spacial score (nSPS) is 20.8. The zero-order valence-corrected chi connectivity index (χ0v) is 11.7. The largest absolute Gasteiger partial charge is 0.390 e. The summed E-state index contributed by atoms with van der Waals surface area (Å²) in [5.41, 5.74) is -1.17. The first-order chi connectivity index (χ1) is 7.66. The van der Waals surface area contributed by atoms with Crippen LogP contribution in [0.4, 0.5) is 0 Å². The third-order valence-corrected chi connectivity index (χ3v) is 3.12. The van der Waals surface area contributed by atoms with Gasteiger partial charge >= 0.3 is 0 Å². The summed E-state index contributed by atoms with van der Waals surface area (Å²) in [6.07, 6.45) is 0.818. The van der Waals surface area contributed by atoms with Crippen molar-refractivity contribution >= 4 is 0 Å². The number of aliphatic hydroxyl groups is 2. The van der Waals surface area contributed by atoms with Gasteiger partial charge in [-0.3, -0.25) is 4.90 Å². The molecule has 1 fully saturated rings. The third-order valence-electron chi connectivity index (χ3n) is 3.12. The lowest BCUT2D eigenvalue weighted by molar-refractivity contribution is 0.0111. The minimum Gasteiger partial charge on any atom is -0.390 e. The molecule has 4 heteroatoms. The van der Waals surface area contributed by atoms with Gasteiger partial charge in [0.1, 0.15) is 0 Å². The van der Waals surface area contributed by atoms with Crippen LogP contribution in [0.5, 0.6) is 0 Å². The number of nitrogens with zero attached hydrogens (tertiary/aromatic N) is 2. The van der Waals surface area contributed by atoms with Crippen molar-refractivity contribution in [1.29, 1.82) is 0 Å². The van der Waals surface area contributed by atoms with Crippen LogP contribution in [0.2, 0.25) is 0 Å². The molecule has 0 aromatic heterocycles. The first-order valence-electron chi connectivity index (χ1n) is 6.55. The minimum absolute atomic E-state index is 0.565. The van der Waals surface area contributed by atoms with Crippen LogP contribution in [-0.4, -0.2) is 70.5 Å². The molecule has 0 saturated carbocycles. The smallest absolute Gasteiger partial charge is 0.0718 e. The fraction of sp³-hybridized carbons (Fsp3) is 1.00. The molecule has 0 aromatic rings. The van der Waals surface area contributed by atoms with E-state index in [9.17, 15) is 10.2 Å². The van der Waals surface area contributed by atoms with Gasteiger partial charge in [0.15, 0.2) is 0 Å². The Bertz CT molecular complexity index is 223. The Kier molecular flexibility index (Phi) is 4.95. The van der Waals surface area contributed by atoms with Crippen molar-refractivity contribution in [2.45, 2.75) is 45.3 Å².